The van der Waals surface area contributed by atoms with E-state index in [0.29, 0.717) is 24.6 Å². The molecule has 2 fully saturated rings. The maximum absolute atomic E-state index is 13.1. The summed E-state index contributed by atoms with van der Waals surface area (Å²) < 4.78 is 20.8. The third kappa shape index (κ3) is 9.75. The highest BCUT2D eigenvalue weighted by atomic mass is 127. The average molecular weight is 905 g/mol. The maximum atomic E-state index is 13.1. The van der Waals surface area contributed by atoms with Crippen LogP contribution in [0.2, 0.25) is 0 Å². The minimum Gasteiger partial charge on any atom is -0.491 e. The van der Waals surface area contributed by atoms with Gasteiger partial charge in [0.15, 0.2) is 5.75 Å². The summed E-state index contributed by atoms with van der Waals surface area (Å²) in [6.45, 7) is 2.46. The number of esters is 1. The molecule has 2 aromatic rings. The number of carbonyl (C=O) groups excluding carboxylic acids is 1. The predicted octanol–water partition coefficient (Wildman–Crippen LogP) is 8.92. The standard InChI is InChI=1S/C30H36ClI3N2O4/c1-19-14-23(18-26(34)28(19)38-13-12-31)39-29-24(32)15-20(16-25(29)33)17-27(37)40-30(35-21-8-4-2-5-9-21)36-22-10-6-3-7-11-22/h14-16,18,21-22H,2-13,17H2,1H3,(H,35,36). The number of aliphatic imine (C=N–C) groups is 1. The molecular weight excluding hydrogens is 869 g/mol. The monoisotopic (exact) mass is 904 g/mol. The second-order valence-corrected chi connectivity index (χ2v) is 14.3. The van der Waals surface area contributed by atoms with Crippen LogP contribution in [0.5, 0.6) is 17.2 Å². The van der Waals surface area contributed by atoms with Crippen LogP contribution in [0, 0.1) is 17.6 Å². The lowest BCUT2D eigenvalue weighted by Gasteiger charge is -2.25. The van der Waals surface area contributed by atoms with Crippen molar-refractivity contribution < 1.29 is 19.0 Å². The van der Waals surface area contributed by atoms with E-state index in [0.717, 1.165) is 64.8 Å². The van der Waals surface area contributed by atoms with Gasteiger partial charge in [-0.05, 0) is 136 Å². The molecule has 2 saturated carbocycles. The fourth-order valence-corrected chi connectivity index (χ4v) is 8.30. The molecule has 0 heterocycles. The zero-order valence-electron chi connectivity index (χ0n) is 22.7. The van der Waals surface area contributed by atoms with E-state index in [1.54, 1.807) is 0 Å². The van der Waals surface area contributed by atoms with Crippen LogP contribution < -0.4 is 14.8 Å². The first-order valence-electron chi connectivity index (χ1n) is 14.0. The molecular formula is C30H36ClI3N2O4. The molecule has 6 nitrogen and oxygen atoms in total. The summed E-state index contributed by atoms with van der Waals surface area (Å²) in [5.74, 6) is 2.48. The highest BCUT2D eigenvalue weighted by molar-refractivity contribution is 14.1. The Morgan fingerprint density at radius 2 is 1.55 bits per heavy atom. The summed E-state index contributed by atoms with van der Waals surface area (Å²) in [4.78, 5) is 18.0. The van der Waals surface area contributed by atoms with E-state index in [9.17, 15) is 4.79 Å². The number of hydrogen-bond acceptors (Lipinski definition) is 5. The van der Waals surface area contributed by atoms with E-state index in [2.05, 4.69) is 73.1 Å². The number of alkyl halides is 1. The Hall–Kier alpha value is -0.540. The zero-order chi connectivity index (χ0) is 28.5. The molecule has 0 saturated heterocycles. The maximum Gasteiger partial charge on any atom is 0.318 e. The van der Waals surface area contributed by atoms with E-state index >= 15 is 0 Å². The Kier molecular flexibility index (Phi) is 13.2. The average Bonchev–Trinajstić information content (AvgIpc) is 2.91. The van der Waals surface area contributed by atoms with Crippen LogP contribution in [-0.4, -0.2) is 36.6 Å². The van der Waals surface area contributed by atoms with Crippen molar-refractivity contribution in [1.82, 2.24) is 5.32 Å². The molecule has 0 aromatic heterocycles. The third-order valence-electron chi connectivity index (χ3n) is 7.17. The van der Waals surface area contributed by atoms with Gasteiger partial charge in [-0.25, -0.2) is 4.99 Å². The van der Waals surface area contributed by atoms with Crippen LogP contribution in [-0.2, 0) is 16.0 Å². The Labute approximate surface area is 283 Å². The highest BCUT2D eigenvalue weighted by Gasteiger charge is 2.21. The van der Waals surface area contributed by atoms with Crippen LogP contribution in [0.3, 0.4) is 0 Å². The van der Waals surface area contributed by atoms with Gasteiger partial charge in [0.05, 0.1) is 29.1 Å². The second-order valence-electron chi connectivity index (χ2n) is 10.4. The first kappa shape index (κ1) is 32.4. The summed E-state index contributed by atoms with van der Waals surface area (Å²) >= 11 is 12.6. The Balaban J connectivity index is 1.43. The number of amidine groups is 1. The van der Waals surface area contributed by atoms with Crippen molar-refractivity contribution in [3.63, 3.8) is 0 Å². The molecule has 0 aliphatic heterocycles. The van der Waals surface area contributed by atoms with Gasteiger partial charge in [0.2, 0.25) is 0 Å². The second kappa shape index (κ2) is 16.3. The molecule has 0 spiro atoms. The molecule has 4 rings (SSSR count). The first-order valence-corrected chi connectivity index (χ1v) is 17.8. The lowest BCUT2D eigenvalue weighted by Crippen LogP contribution is -2.39. The Morgan fingerprint density at radius 3 is 2.17 bits per heavy atom. The topological polar surface area (TPSA) is 69.2 Å². The first-order chi connectivity index (χ1) is 19.3. The van der Waals surface area contributed by atoms with E-state index in [4.69, 9.17) is 30.8 Å². The quantitative estimate of drug-likeness (QED) is 0.0896. The number of benzene rings is 2. The molecule has 0 amide bonds. The molecule has 0 bridgehead atoms. The van der Waals surface area contributed by atoms with Crippen LogP contribution in [0.4, 0.5) is 0 Å². The summed E-state index contributed by atoms with van der Waals surface area (Å²) in [6.07, 6.45) is 11.8. The van der Waals surface area contributed by atoms with Crippen molar-refractivity contribution in [2.75, 3.05) is 12.5 Å². The van der Waals surface area contributed by atoms with Gasteiger partial charge in [0.1, 0.15) is 18.1 Å². The number of nitrogens with one attached hydrogen (secondary N) is 1. The van der Waals surface area contributed by atoms with Gasteiger partial charge < -0.3 is 19.5 Å². The van der Waals surface area contributed by atoms with Gasteiger partial charge in [0.25, 0.3) is 6.02 Å². The largest absolute Gasteiger partial charge is 0.491 e. The lowest BCUT2D eigenvalue weighted by atomic mass is 9.95. The van der Waals surface area contributed by atoms with E-state index in [1.165, 1.54) is 38.5 Å². The van der Waals surface area contributed by atoms with E-state index < -0.39 is 0 Å². The number of carbonyl (C=O) groups is 1. The Bertz CT molecular complexity index is 1150. The van der Waals surface area contributed by atoms with Gasteiger partial charge >= 0.3 is 5.97 Å². The fraction of sp³-hybridized carbons (Fsp3) is 0.533. The molecule has 0 unspecified atom stereocenters. The van der Waals surface area contributed by atoms with Crippen LogP contribution >= 0.6 is 79.4 Å². The van der Waals surface area contributed by atoms with Crippen molar-refractivity contribution in [3.05, 3.63) is 46.1 Å². The molecule has 40 heavy (non-hydrogen) atoms. The number of rotatable bonds is 9. The summed E-state index contributed by atoms with van der Waals surface area (Å²) in [5.41, 5.74) is 1.88. The minimum atomic E-state index is -0.296. The van der Waals surface area contributed by atoms with Crippen LogP contribution in [0.25, 0.3) is 0 Å². The van der Waals surface area contributed by atoms with Crippen LogP contribution in [0.1, 0.15) is 75.3 Å². The van der Waals surface area contributed by atoms with Crippen LogP contribution in [0.15, 0.2) is 29.3 Å². The molecule has 218 valence electrons. The van der Waals surface area contributed by atoms with E-state index in [1.807, 2.05) is 31.2 Å². The predicted molar refractivity (Wildman–Crippen MR) is 186 cm³/mol. The van der Waals surface area contributed by atoms with Crippen molar-refractivity contribution in [2.45, 2.75) is 89.6 Å². The van der Waals surface area contributed by atoms with Crippen molar-refractivity contribution in [1.29, 1.82) is 0 Å². The molecule has 2 aliphatic rings. The number of nitrogens with zero attached hydrogens (tertiary/aromatic N) is 1. The molecule has 10 heteroatoms. The fourth-order valence-electron chi connectivity index (χ4n) is 5.21. The number of hydrogen-bond donors (Lipinski definition) is 1. The summed E-state index contributed by atoms with van der Waals surface area (Å²) in [7, 11) is 0. The van der Waals surface area contributed by atoms with Crippen molar-refractivity contribution in [2.24, 2.45) is 4.99 Å². The van der Waals surface area contributed by atoms with Gasteiger partial charge in [0, 0.05) is 6.04 Å². The number of halogens is 4. The molecule has 2 aromatic carbocycles. The molecule has 0 radical (unpaired) electrons. The Morgan fingerprint density at radius 1 is 0.925 bits per heavy atom. The SMILES string of the molecule is Cc1cc(Oc2c(I)cc(CC(=O)O/C(=N/C3CCCCC3)NC3CCCCC3)cc2I)cc(I)c1OCCCl. The number of aryl methyl sites for hydroxylation is 1. The third-order valence-corrected chi connectivity index (χ3v) is 9.73. The summed E-state index contributed by atoms with van der Waals surface area (Å²) in [6, 6.07) is 8.88. The normalized spacial score (nSPS) is 17.0. The van der Waals surface area contributed by atoms with Gasteiger partial charge in [-0.1, -0.05) is 38.5 Å². The minimum absolute atomic E-state index is 0.173. The van der Waals surface area contributed by atoms with E-state index in [-0.39, 0.29) is 18.4 Å². The molecule has 1 N–H and O–H groups in total. The number of ether oxygens (including phenoxy) is 3. The van der Waals surface area contributed by atoms with Gasteiger partial charge in [-0.2, -0.15) is 0 Å². The van der Waals surface area contributed by atoms with Gasteiger partial charge in [-0.15, -0.1) is 11.6 Å². The lowest BCUT2D eigenvalue weighted by molar-refractivity contribution is -0.135. The molecule has 0 atom stereocenters. The smallest absolute Gasteiger partial charge is 0.318 e. The van der Waals surface area contributed by atoms with Gasteiger partial charge in [-0.3, -0.25) is 4.79 Å². The molecule has 2 aliphatic carbocycles. The zero-order valence-corrected chi connectivity index (χ0v) is 30.0. The van der Waals surface area contributed by atoms with Crippen molar-refractivity contribution in [3.8, 4) is 17.2 Å². The summed E-state index contributed by atoms with van der Waals surface area (Å²) in [5, 5.41) is 3.47. The highest BCUT2D eigenvalue weighted by Crippen LogP contribution is 2.37. The van der Waals surface area contributed by atoms with Crippen molar-refractivity contribution >= 4 is 91.4 Å².